The SMILES string of the molecule is O=NCc1cc(C(O)CNCCCCCCOCCCCc2ccccc2)ccc1O. The quantitative estimate of drug-likeness (QED) is 0.247. The van der Waals surface area contributed by atoms with Gasteiger partial charge >= 0.3 is 0 Å². The van der Waals surface area contributed by atoms with Gasteiger partial charge in [-0.05, 0) is 61.9 Å². The zero-order valence-corrected chi connectivity index (χ0v) is 18.3. The Labute approximate surface area is 185 Å². The van der Waals surface area contributed by atoms with Crippen LogP contribution in [0.5, 0.6) is 5.75 Å². The summed E-state index contributed by atoms with van der Waals surface area (Å²) in [5.41, 5.74) is 2.50. The molecule has 170 valence electrons. The van der Waals surface area contributed by atoms with Crippen LogP contribution in [0, 0.1) is 4.91 Å². The largest absolute Gasteiger partial charge is 0.508 e. The van der Waals surface area contributed by atoms with Crippen molar-refractivity contribution >= 4 is 0 Å². The van der Waals surface area contributed by atoms with Gasteiger partial charge in [0.2, 0.25) is 0 Å². The van der Waals surface area contributed by atoms with Crippen molar-refractivity contribution in [1.82, 2.24) is 5.32 Å². The summed E-state index contributed by atoms with van der Waals surface area (Å²) in [6.07, 6.45) is 7.14. The maximum Gasteiger partial charge on any atom is 0.120 e. The van der Waals surface area contributed by atoms with E-state index < -0.39 is 6.10 Å². The predicted molar refractivity (Wildman–Crippen MR) is 124 cm³/mol. The van der Waals surface area contributed by atoms with Gasteiger partial charge in [0.15, 0.2) is 0 Å². The van der Waals surface area contributed by atoms with Crippen LogP contribution >= 0.6 is 0 Å². The maximum atomic E-state index is 10.4. The molecule has 2 aromatic rings. The average Bonchev–Trinajstić information content (AvgIpc) is 2.79. The van der Waals surface area contributed by atoms with Crippen molar-refractivity contribution in [2.45, 2.75) is 57.6 Å². The molecule has 3 N–H and O–H groups in total. The number of aliphatic hydroxyl groups excluding tert-OH is 1. The molecule has 1 atom stereocenters. The molecule has 0 aliphatic carbocycles. The summed E-state index contributed by atoms with van der Waals surface area (Å²) in [6.45, 7) is 2.85. The standard InChI is InChI=1S/C25H36N2O4/c28-24-14-13-22(18-23(24)19-27-30)25(29)20-26-15-7-1-2-8-16-31-17-9-6-12-21-10-4-3-5-11-21/h3-5,10-11,13-14,18,25-26,28-29H,1-2,6-9,12,15-17,19-20H2. The number of phenols is 1. The number of hydrogen-bond acceptors (Lipinski definition) is 6. The van der Waals surface area contributed by atoms with Crippen LogP contribution < -0.4 is 5.32 Å². The van der Waals surface area contributed by atoms with Gasteiger partial charge in [-0.3, -0.25) is 0 Å². The molecule has 0 aliphatic rings. The van der Waals surface area contributed by atoms with E-state index >= 15 is 0 Å². The molecular formula is C25H36N2O4. The lowest BCUT2D eigenvalue weighted by atomic mass is 10.0. The Morgan fingerprint density at radius 3 is 2.45 bits per heavy atom. The van der Waals surface area contributed by atoms with E-state index in [4.69, 9.17) is 4.74 Å². The van der Waals surface area contributed by atoms with E-state index in [9.17, 15) is 15.1 Å². The molecule has 6 heteroatoms. The minimum atomic E-state index is -0.679. The Bertz CT molecular complexity index is 740. The van der Waals surface area contributed by atoms with Crippen LogP contribution in [-0.4, -0.2) is 36.5 Å². The van der Waals surface area contributed by atoms with Gasteiger partial charge in [-0.2, -0.15) is 4.91 Å². The molecule has 0 radical (unpaired) electrons. The van der Waals surface area contributed by atoms with Crippen molar-refractivity contribution in [2.75, 3.05) is 26.3 Å². The van der Waals surface area contributed by atoms with Gasteiger partial charge in [0, 0.05) is 25.3 Å². The van der Waals surface area contributed by atoms with Crippen LogP contribution in [0.1, 0.15) is 61.3 Å². The molecule has 31 heavy (non-hydrogen) atoms. The number of nitroso groups, excluding NO2 is 1. The summed E-state index contributed by atoms with van der Waals surface area (Å²) in [5.74, 6) is 0.0275. The number of benzene rings is 2. The van der Waals surface area contributed by atoms with Crippen molar-refractivity contribution < 1.29 is 14.9 Å². The van der Waals surface area contributed by atoms with E-state index in [0.717, 1.165) is 58.3 Å². The van der Waals surface area contributed by atoms with Gasteiger partial charge in [0.05, 0.1) is 6.10 Å². The fourth-order valence-electron chi connectivity index (χ4n) is 3.45. The fraction of sp³-hybridized carbons (Fsp3) is 0.520. The van der Waals surface area contributed by atoms with E-state index in [0.29, 0.717) is 17.7 Å². The van der Waals surface area contributed by atoms with Gasteiger partial charge in [-0.25, -0.2) is 0 Å². The molecule has 2 aromatic carbocycles. The predicted octanol–water partition coefficient (Wildman–Crippen LogP) is 4.88. The molecule has 0 heterocycles. The third-order valence-electron chi connectivity index (χ3n) is 5.30. The zero-order chi connectivity index (χ0) is 22.2. The highest BCUT2D eigenvalue weighted by molar-refractivity contribution is 5.37. The molecule has 0 spiro atoms. The first-order chi connectivity index (χ1) is 15.2. The van der Waals surface area contributed by atoms with Crippen molar-refractivity contribution in [3.8, 4) is 5.75 Å². The second-order valence-electron chi connectivity index (χ2n) is 7.86. The molecule has 0 bridgehead atoms. The molecule has 0 saturated carbocycles. The van der Waals surface area contributed by atoms with Crippen LogP contribution in [-0.2, 0) is 17.7 Å². The Hall–Kier alpha value is -2.28. The fourth-order valence-corrected chi connectivity index (χ4v) is 3.45. The van der Waals surface area contributed by atoms with Crippen LogP contribution in [0.4, 0.5) is 0 Å². The first-order valence-corrected chi connectivity index (χ1v) is 11.3. The van der Waals surface area contributed by atoms with Gasteiger partial charge in [-0.1, -0.05) is 54.4 Å². The minimum absolute atomic E-state index is 0.0275. The van der Waals surface area contributed by atoms with E-state index in [1.165, 1.54) is 18.1 Å². The lowest BCUT2D eigenvalue weighted by Gasteiger charge is -2.13. The number of aromatic hydroxyl groups is 1. The normalized spacial score (nSPS) is 12.0. The smallest absolute Gasteiger partial charge is 0.120 e. The van der Waals surface area contributed by atoms with E-state index in [2.05, 4.69) is 40.8 Å². The van der Waals surface area contributed by atoms with Crippen LogP contribution in [0.25, 0.3) is 0 Å². The summed E-state index contributed by atoms with van der Waals surface area (Å²) in [4.78, 5) is 10.4. The third kappa shape index (κ3) is 10.5. The minimum Gasteiger partial charge on any atom is -0.508 e. The highest BCUT2D eigenvalue weighted by atomic mass is 16.5. The number of nitrogens with zero attached hydrogens (tertiary/aromatic N) is 1. The van der Waals surface area contributed by atoms with Gasteiger partial charge in [-0.15, -0.1) is 0 Å². The number of aliphatic hydroxyl groups is 1. The molecular weight excluding hydrogens is 392 g/mol. The number of aryl methyl sites for hydroxylation is 1. The average molecular weight is 429 g/mol. The van der Waals surface area contributed by atoms with Crippen LogP contribution in [0.3, 0.4) is 0 Å². The van der Waals surface area contributed by atoms with Crippen molar-refractivity contribution in [1.29, 1.82) is 0 Å². The number of ether oxygens (including phenoxy) is 1. The monoisotopic (exact) mass is 428 g/mol. The molecule has 0 aromatic heterocycles. The molecule has 0 saturated heterocycles. The summed E-state index contributed by atoms with van der Waals surface area (Å²) >= 11 is 0. The van der Waals surface area contributed by atoms with Gasteiger partial charge < -0.3 is 20.3 Å². The highest BCUT2D eigenvalue weighted by Crippen LogP contribution is 2.23. The third-order valence-corrected chi connectivity index (χ3v) is 5.30. The molecule has 1 unspecified atom stereocenters. The van der Waals surface area contributed by atoms with Crippen molar-refractivity contribution in [2.24, 2.45) is 5.18 Å². The molecule has 0 aliphatic heterocycles. The summed E-state index contributed by atoms with van der Waals surface area (Å²) in [5, 5.41) is 26.0. The van der Waals surface area contributed by atoms with E-state index in [-0.39, 0.29) is 12.3 Å². The first-order valence-electron chi connectivity index (χ1n) is 11.3. The molecule has 6 nitrogen and oxygen atoms in total. The Morgan fingerprint density at radius 1 is 0.935 bits per heavy atom. The molecule has 2 rings (SSSR count). The Morgan fingerprint density at radius 2 is 1.68 bits per heavy atom. The lowest BCUT2D eigenvalue weighted by molar-refractivity contribution is 0.126. The Kier molecular flexibility index (Phi) is 12.5. The van der Waals surface area contributed by atoms with Crippen LogP contribution in [0.2, 0.25) is 0 Å². The van der Waals surface area contributed by atoms with E-state index in [1.807, 2.05) is 0 Å². The second kappa shape index (κ2) is 15.5. The number of phenolic OH excluding ortho intramolecular Hbond substituents is 1. The first kappa shape index (κ1) is 25.0. The Balaban J connectivity index is 1.41. The lowest BCUT2D eigenvalue weighted by Crippen LogP contribution is -2.22. The van der Waals surface area contributed by atoms with Crippen molar-refractivity contribution in [3.63, 3.8) is 0 Å². The number of hydrogen-bond donors (Lipinski definition) is 3. The number of nitrogens with one attached hydrogen (secondary N) is 1. The maximum absolute atomic E-state index is 10.4. The number of unbranched alkanes of at least 4 members (excludes halogenated alkanes) is 4. The van der Waals surface area contributed by atoms with Crippen molar-refractivity contribution in [3.05, 3.63) is 70.1 Å². The van der Waals surface area contributed by atoms with Gasteiger partial charge in [0.25, 0.3) is 0 Å². The highest BCUT2D eigenvalue weighted by Gasteiger charge is 2.10. The summed E-state index contributed by atoms with van der Waals surface area (Å²) in [7, 11) is 0. The van der Waals surface area contributed by atoms with Crippen LogP contribution in [0.15, 0.2) is 53.7 Å². The van der Waals surface area contributed by atoms with Gasteiger partial charge in [0.1, 0.15) is 12.3 Å². The summed E-state index contributed by atoms with van der Waals surface area (Å²) < 4.78 is 5.72. The topological polar surface area (TPSA) is 91.2 Å². The second-order valence-corrected chi connectivity index (χ2v) is 7.86. The van der Waals surface area contributed by atoms with E-state index in [1.54, 1.807) is 12.1 Å². The zero-order valence-electron chi connectivity index (χ0n) is 18.3. The summed E-state index contributed by atoms with van der Waals surface area (Å²) in [6, 6.07) is 15.4. The molecule has 0 fully saturated rings. The number of rotatable bonds is 17. The molecule has 0 amide bonds.